The van der Waals surface area contributed by atoms with Crippen molar-refractivity contribution >= 4 is 17.2 Å². The molecule has 6 rings (SSSR count). The summed E-state index contributed by atoms with van der Waals surface area (Å²) in [5.74, 6) is -0.655. The number of amides is 1. The van der Waals surface area contributed by atoms with Gasteiger partial charge in [0.05, 0.1) is 12.2 Å². The molecule has 2 saturated heterocycles. The van der Waals surface area contributed by atoms with Crippen LogP contribution in [0.5, 0.6) is 0 Å². The quantitative estimate of drug-likeness (QED) is 0.337. The highest BCUT2D eigenvalue weighted by Crippen LogP contribution is 2.28. The third-order valence-corrected chi connectivity index (χ3v) is 7.62. The van der Waals surface area contributed by atoms with E-state index in [2.05, 4.69) is 15.1 Å². The summed E-state index contributed by atoms with van der Waals surface area (Å²) < 4.78 is 38.2. The van der Waals surface area contributed by atoms with Crippen molar-refractivity contribution in [2.24, 2.45) is 5.92 Å². The van der Waals surface area contributed by atoms with Crippen LogP contribution in [0.1, 0.15) is 43.7 Å². The fraction of sp³-hybridized carbons (Fsp3) is 0.429. The molecule has 0 unspecified atom stereocenters. The van der Waals surface area contributed by atoms with E-state index >= 15 is 0 Å². The number of likely N-dealkylation sites (tertiary alicyclic amines) is 1. The molecule has 2 aliphatic heterocycles. The van der Waals surface area contributed by atoms with Gasteiger partial charge < -0.3 is 23.4 Å². The Balaban J connectivity index is 1.20. The molecule has 0 saturated carbocycles. The van der Waals surface area contributed by atoms with Crippen molar-refractivity contribution in [1.82, 2.24) is 24.5 Å². The van der Waals surface area contributed by atoms with Crippen molar-refractivity contribution in [3.05, 3.63) is 66.4 Å². The molecule has 0 atom stereocenters. The largest absolute Gasteiger partial charge is 0.415 e. The minimum Gasteiger partial charge on any atom is -0.415 e. The number of aromatic nitrogens is 4. The summed E-state index contributed by atoms with van der Waals surface area (Å²) in [5, 5.41) is 7.12. The van der Waals surface area contributed by atoms with E-state index in [0.717, 1.165) is 57.7 Å². The van der Waals surface area contributed by atoms with Crippen LogP contribution in [0, 0.1) is 5.92 Å². The lowest BCUT2D eigenvalue weighted by Gasteiger charge is -2.39. The van der Waals surface area contributed by atoms with Gasteiger partial charge in [-0.25, -0.2) is 4.98 Å². The molecule has 3 aromatic heterocycles. The van der Waals surface area contributed by atoms with E-state index in [1.165, 1.54) is 0 Å². The predicted molar refractivity (Wildman–Crippen MR) is 139 cm³/mol. The van der Waals surface area contributed by atoms with Crippen LogP contribution in [-0.2, 0) is 16.1 Å². The van der Waals surface area contributed by atoms with Gasteiger partial charge in [-0.05, 0) is 63.0 Å². The molecular formula is C28H30F2N6O3. The van der Waals surface area contributed by atoms with Gasteiger partial charge in [0.1, 0.15) is 5.65 Å². The molecule has 0 spiro atoms. The van der Waals surface area contributed by atoms with Gasteiger partial charge in [0.2, 0.25) is 11.8 Å². The summed E-state index contributed by atoms with van der Waals surface area (Å²) in [6, 6.07) is 13.6. The number of alkyl halides is 2. The molecule has 4 aromatic rings. The summed E-state index contributed by atoms with van der Waals surface area (Å²) in [7, 11) is 0. The lowest BCUT2D eigenvalue weighted by atomic mass is 9.92. The second-order valence-electron chi connectivity index (χ2n) is 10.1. The summed E-state index contributed by atoms with van der Waals surface area (Å²) in [4.78, 5) is 22.9. The van der Waals surface area contributed by atoms with E-state index in [-0.39, 0.29) is 17.7 Å². The van der Waals surface area contributed by atoms with E-state index in [1.807, 2.05) is 45.8 Å². The number of hydrogen-bond acceptors (Lipinski definition) is 7. The zero-order valence-corrected chi connectivity index (χ0v) is 21.5. The number of fused-ring (bicyclic) bond motifs is 1. The van der Waals surface area contributed by atoms with Gasteiger partial charge in [-0.2, -0.15) is 8.78 Å². The maximum Gasteiger partial charge on any atom is 0.314 e. The first-order valence-corrected chi connectivity index (χ1v) is 13.3. The van der Waals surface area contributed by atoms with E-state index in [0.29, 0.717) is 29.5 Å². The van der Waals surface area contributed by atoms with Crippen molar-refractivity contribution in [2.45, 2.75) is 44.7 Å². The first-order chi connectivity index (χ1) is 19.0. The number of rotatable bonds is 7. The number of halogens is 2. The Hall–Kier alpha value is -3.70. The predicted octanol–water partition coefficient (Wildman–Crippen LogP) is 4.75. The Kier molecular flexibility index (Phi) is 7.34. The number of para-hydroxylation sites is 1. The monoisotopic (exact) mass is 536 g/mol. The number of nitrogens with zero attached hydrogens (tertiary/aromatic N) is 6. The van der Waals surface area contributed by atoms with Crippen LogP contribution in [0.15, 0.2) is 59.3 Å². The first kappa shape index (κ1) is 25.6. The third-order valence-electron chi connectivity index (χ3n) is 7.62. The van der Waals surface area contributed by atoms with Crippen molar-refractivity contribution in [1.29, 1.82) is 0 Å². The maximum absolute atomic E-state index is 13.9. The van der Waals surface area contributed by atoms with Crippen LogP contribution < -0.4 is 4.90 Å². The van der Waals surface area contributed by atoms with E-state index in [4.69, 9.17) is 14.1 Å². The molecule has 0 radical (unpaired) electrons. The second kappa shape index (κ2) is 11.2. The third kappa shape index (κ3) is 5.55. The normalized spacial score (nSPS) is 17.7. The standard InChI is InChI=1S/C28H30F2N6O3/c29-25(30)27-33-32-26(39-27)20-8-13-35-17-21(31-24(35)16-20)18-36(23-4-2-1-3-5-23)28(37)19-6-11-34(12-7-19)22-9-14-38-15-10-22/h1-5,8,13,16-17,19,22,25H,6-7,9-12,14-15,18H2. The molecule has 204 valence electrons. The molecule has 0 N–H and O–H groups in total. The van der Waals surface area contributed by atoms with Gasteiger partial charge >= 0.3 is 6.43 Å². The van der Waals surface area contributed by atoms with Gasteiger partial charge in [0.15, 0.2) is 0 Å². The highest BCUT2D eigenvalue weighted by molar-refractivity contribution is 5.95. The van der Waals surface area contributed by atoms with Crippen LogP contribution >= 0.6 is 0 Å². The Labute approximate surface area is 224 Å². The summed E-state index contributed by atoms with van der Waals surface area (Å²) in [5.41, 5.74) is 2.62. The summed E-state index contributed by atoms with van der Waals surface area (Å²) >= 11 is 0. The fourth-order valence-electron chi connectivity index (χ4n) is 5.53. The zero-order valence-electron chi connectivity index (χ0n) is 21.5. The fourth-order valence-corrected chi connectivity index (χ4v) is 5.53. The molecule has 2 fully saturated rings. The molecule has 0 aliphatic carbocycles. The Morgan fingerprint density at radius 2 is 1.82 bits per heavy atom. The zero-order chi connectivity index (χ0) is 26.8. The average molecular weight is 537 g/mol. The van der Waals surface area contributed by atoms with Gasteiger partial charge in [0, 0.05) is 48.8 Å². The lowest BCUT2D eigenvalue weighted by Crippen LogP contribution is -2.47. The molecule has 2 aliphatic rings. The lowest BCUT2D eigenvalue weighted by molar-refractivity contribution is -0.124. The van der Waals surface area contributed by atoms with E-state index < -0.39 is 12.3 Å². The molecule has 5 heterocycles. The van der Waals surface area contributed by atoms with Gasteiger partial charge in [-0.3, -0.25) is 4.79 Å². The molecule has 39 heavy (non-hydrogen) atoms. The highest BCUT2D eigenvalue weighted by Gasteiger charge is 2.32. The van der Waals surface area contributed by atoms with Crippen molar-refractivity contribution in [3.63, 3.8) is 0 Å². The number of imidazole rings is 1. The van der Waals surface area contributed by atoms with Crippen molar-refractivity contribution in [3.8, 4) is 11.5 Å². The molecule has 0 bridgehead atoms. The Bertz CT molecular complexity index is 1410. The van der Waals surface area contributed by atoms with Gasteiger partial charge in [-0.1, -0.05) is 18.2 Å². The molecule has 9 nitrogen and oxygen atoms in total. The van der Waals surface area contributed by atoms with Gasteiger partial charge in [-0.15, -0.1) is 10.2 Å². The van der Waals surface area contributed by atoms with Crippen molar-refractivity contribution < 1.29 is 22.7 Å². The number of ether oxygens (including phenoxy) is 1. The SMILES string of the molecule is O=C(C1CCN(C2CCOCC2)CC1)N(Cc1cn2ccc(-c3nnc(C(F)F)o3)cc2n1)c1ccccc1. The summed E-state index contributed by atoms with van der Waals surface area (Å²) in [6.07, 6.45) is 4.58. The first-order valence-electron chi connectivity index (χ1n) is 13.3. The van der Waals surface area contributed by atoms with Crippen LogP contribution in [0.3, 0.4) is 0 Å². The van der Waals surface area contributed by atoms with Crippen LogP contribution in [0.25, 0.3) is 17.1 Å². The number of piperidine rings is 1. The Morgan fingerprint density at radius 1 is 1.05 bits per heavy atom. The Morgan fingerprint density at radius 3 is 2.54 bits per heavy atom. The van der Waals surface area contributed by atoms with Crippen LogP contribution in [0.4, 0.5) is 14.5 Å². The molecule has 1 aromatic carbocycles. The summed E-state index contributed by atoms with van der Waals surface area (Å²) in [6.45, 7) is 3.79. The molecule has 11 heteroatoms. The smallest absolute Gasteiger partial charge is 0.314 e. The number of carbonyl (C=O) groups is 1. The highest BCUT2D eigenvalue weighted by atomic mass is 19.3. The minimum absolute atomic E-state index is 0.00512. The number of hydrogen-bond donors (Lipinski definition) is 0. The topological polar surface area (TPSA) is 89.0 Å². The van der Waals surface area contributed by atoms with E-state index in [9.17, 15) is 13.6 Å². The number of pyridine rings is 1. The number of carbonyl (C=O) groups excluding carboxylic acids is 1. The molecular weight excluding hydrogens is 506 g/mol. The average Bonchev–Trinajstić information content (AvgIpc) is 3.64. The van der Waals surface area contributed by atoms with Gasteiger partial charge in [0.25, 0.3) is 5.89 Å². The second-order valence-corrected chi connectivity index (χ2v) is 10.1. The maximum atomic E-state index is 13.9. The van der Waals surface area contributed by atoms with Crippen LogP contribution in [0.2, 0.25) is 0 Å². The molecule has 1 amide bonds. The van der Waals surface area contributed by atoms with Crippen LogP contribution in [-0.4, -0.2) is 62.7 Å². The minimum atomic E-state index is -2.83. The van der Waals surface area contributed by atoms with E-state index in [1.54, 1.807) is 18.3 Å². The number of benzene rings is 1. The number of anilines is 1. The van der Waals surface area contributed by atoms with Crippen molar-refractivity contribution in [2.75, 3.05) is 31.2 Å².